The summed E-state index contributed by atoms with van der Waals surface area (Å²) >= 11 is 0. The molecule has 3 nitrogen and oxygen atoms in total. The van der Waals surface area contributed by atoms with Gasteiger partial charge in [0.05, 0.1) is 0 Å². The van der Waals surface area contributed by atoms with E-state index in [2.05, 4.69) is 12.2 Å². The smallest absolute Gasteiger partial charge is 0.220 e. The van der Waals surface area contributed by atoms with Gasteiger partial charge in [0.1, 0.15) is 0 Å². The van der Waals surface area contributed by atoms with Crippen LogP contribution >= 0.6 is 0 Å². The van der Waals surface area contributed by atoms with Gasteiger partial charge in [-0.25, -0.2) is 0 Å². The van der Waals surface area contributed by atoms with Crippen LogP contribution in [0.5, 0.6) is 0 Å². The zero-order valence-electron chi connectivity index (χ0n) is 8.96. The molecule has 0 aromatic heterocycles. The Hall–Kier alpha value is -0.570. The number of aliphatic hydroxyl groups is 1. The molecule has 1 aliphatic rings. The molecule has 3 heteroatoms. The highest BCUT2D eigenvalue weighted by atomic mass is 16.3. The van der Waals surface area contributed by atoms with Gasteiger partial charge in [0.2, 0.25) is 5.91 Å². The molecule has 0 radical (unpaired) electrons. The molecule has 2 atom stereocenters. The summed E-state index contributed by atoms with van der Waals surface area (Å²) in [6.45, 7) is 2.35. The summed E-state index contributed by atoms with van der Waals surface area (Å²) in [5, 5.41) is 11.6. The third kappa shape index (κ3) is 4.09. The first-order valence-electron chi connectivity index (χ1n) is 5.62. The molecule has 1 fully saturated rings. The van der Waals surface area contributed by atoms with Crippen LogP contribution in [0.4, 0.5) is 0 Å². The molecule has 1 aliphatic carbocycles. The highest BCUT2D eigenvalue weighted by molar-refractivity contribution is 5.76. The zero-order chi connectivity index (χ0) is 10.4. The molecule has 0 saturated heterocycles. The summed E-state index contributed by atoms with van der Waals surface area (Å²) in [7, 11) is 0. The largest absolute Gasteiger partial charge is 0.396 e. The topological polar surface area (TPSA) is 49.3 Å². The van der Waals surface area contributed by atoms with Gasteiger partial charge in [-0.1, -0.05) is 19.8 Å². The van der Waals surface area contributed by atoms with Gasteiger partial charge in [-0.3, -0.25) is 4.79 Å². The Balaban J connectivity index is 2.18. The van der Waals surface area contributed by atoms with Crippen molar-refractivity contribution in [3.63, 3.8) is 0 Å². The molecule has 0 heterocycles. The summed E-state index contributed by atoms with van der Waals surface area (Å²) in [6.07, 6.45) is 5.80. The van der Waals surface area contributed by atoms with Crippen LogP contribution in [0.1, 0.15) is 45.4 Å². The Kier molecular flexibility index (Phi) is 4.94. The predicted molar refractivity (Wildman–Crippen MR) is 55.9 cm³/mol. The van der Waals surface area contributed by atoms with Crippen molar-refractivity contribution in [1.82, 2.24) is 5.32 Å². The predicted octanol–water partition coefficient (Wildman–Crippen LogP) is 1.45. The first-order valence-corrected chi connectivity index (χ1v) is 5.62. The fraction of sp³-hybridized carbons (Fsp3) is 0.909. The van der Waals surface area contributed by atoms with Crippen LogP contribution in [-0.4, -0.2) is 23.7 Å². The quantitative estimate of drug-likeness (QED) is 0.720. The van der Waals surface area contributed by atoms with Crippen molar-refractivity contribution < 1.29 is 9.90 Å². The lowest BCUT2D eigenvalue weighted by molar-refractivity contribution is -0.122. The molecule has 0 aromatic carbocycles. The van der Waals surface area contributed by atoms with Crippen LogP contribution in [0.15, 0.2) is 0 Å². The van der Waals surface area contributed by atoms with Crippen molar-refractivity contribution >= 4 is 5.91 Å². The van der Waals surface area contributed by atoms with Crippen molar-refractivity contribution in [2.75, 3.05) is 6.61 Å². The molecule has 14 heavy (non-hydrogen) atoms. The van der Waals surface area contributed by atoms with Crippen LogP contribution in [-0.2, 0) is 4.79 Å². The van der Waals surface area contributed by atoms with E-state index in [0.717, 1.165) is 18.8 Å². The summed E-state index contributed by atoms with van der Waals surface area (Å²) in [5.41, 5.74) is 0. The third-order valence-electron chi connectivity index (χ3n) is 2.86. The van der Waals surface area contributed by atoms with Crippen molar-refractivity contribution in [3.05, 3.63) is 0 Å². The van der Waals surface area contributed by atoms with Crippen molar-refractivity contribution in [2.24, 2.45) is 5.92 Å². The molecule has 0 aromatic rings. The maximum Gasteiger partial charge on any atom is 0.220 e. The number of carbonyl (C=O) groups excluding carboxylic acids is 1. The second-order valence-corrected chi connectivity index (χ2v) is 4.36. The van der Waals surface area contributed by atoms with Gasteiger partial charge in [0.15, 0.2) is 0 Å². The lowest BCUT2D eigenvalue weighted by Crippen LogP contribution is -2.37. The average Bonchev–Trinajstić information content (AvgIpc) is 2.15. The standard InChI is InChI=1S/C11H21NO2/c1-9-4-2-5-10(8-9)12-11(14)6-3-7-13/h9-10,13H,2-8H2,1H3,(H,12,14). The molecule has 2 unspecified atom stereocenters. The molecule has 1 amide bonds. The minimum Gasteiger partial charge on any atom is -0.396 e. The normalized spacial score (nSPS) is 27.3. The van der Waals surface area contributed by atoms with Gasteiger partial charge in [0, 0.05) is 19.1 Å². The van der Waals surface area contributed by atoms with Crippen LogP contribution in [0.2, 0.25) is 0 Å². The van der Waals surface area contributed by atoms with E-state index in [0.29, 0.717) is 18.9 Å². The number of nitrogens with one attached hydrogen (secondary N) is 1. The Labute approximate surface area is 85.9 Å². The maximum absolute atomic E-state index is 11.4. The Morgan fingerprint density at radius 3 is 2.93 bits per heavy atom. The molecular formula is C11H21NO2. The van der Waals surface area contributed by atoms with Crippen LogP contribution in [0.25, 0.3) is 0 Å². The molecule has 82 valence electrons. The minimum atomic E-state index is 0.0955. The molecule has 0 spiro atoms. The molecule has 0 bridgehead atoms. The van der Waals surface area contributed by atoms with Crippen LogP contribution in [0.3, 0.4) is 0 Å². The fourth-order valence-electron chi connectivity index (χ4n) is 2.10. The molecule has 0 aliphatic heterocycles. The number of aliphatic hydroxyl groups excluding tert-OH is 1. The molecule has 2 N–H and O–H groups in total. The molecular weight excluding hydrogens is 178 g/mol. The summed E-state index contributed by atoms with van der Waals surface area (Å²) in [5.74, 6) is 0.838. The number of amides is 1. The highest BCUT2D eigenvalue weighted by Gasteiger charge is 2.19. The first kappa shape index (κ1) is 11.5. The average molecular weight is 199 g/mol. The first-order chi connectivity index (χ1) is 6.72. The number of rotatable bonds is 4. The minimum absolute atomic E-state index is 0.0955. The lowest BCUT2D eigenvalue weighted by Gasteiger charge is -2.27. The van der Waals surface area contributed by atoms with Crippen LogP contribution < -0.4 is 5.32 Å². The van der Waals surface area contributed by atoms with Gasteiger partial charge >= 0.3 is 0 Å². The Morgan fingerprint density at radius 1 is 1.50 bits per heavy atom. The molecule has 1 rings (SSSR count). The number of hydrogen-bond donors (Lipinski definition) is 2. The van der Waals surface area contributed by atoms with Gasteiger partial charge in [-0.15, -0.1) is 0 Å². The van der Waals surface area contributed by atoms with Crippen molar-refractivity contribution in [2.45, 2.75) is 51.5 Å². The second kappa shape index (κ2) is 6.02. The zero-order valence-corrected chi connectivity index (χ0v) is 8.96. The van der Waals surface area contributed by atoms with Crippen molar-refractivity contribution in [3.8, 4) is 0 Å². The number of carbonyl (C=O) groups is 1. The van der Waals surface area contributed by atoms with Crippen LogP contribution in [0, 0.1) is 5.92 Å². The summed E-state index contributed by atoms with van der Waals surface area (Å²) in [6, 6.07) is 0.380. The molecule has 1 saturated carbocycles. The van der Waals surface area contributed by atoms with Gasteiger partial charge in [-0.05, 0) is 25.2 Å². The van der Waals surface area contributed by atoms with Gasteiger partial charge in [0.25, 0.3) is 0 Å². The van der Waals surface area contributed by atoms with E-state index in [1.807, 2.05) is 0 Å². The third-order valence-corrected chi connectivity index (χ3v) is 2.86. The van der Waals surface area contributed by atoms with E-state index in [-0.39, 0.29) is 12.5 Å². The second-order valence-electron chi connectivity index (χ2n) is 4.36. The maximum atomic E-state index is 11.4. The highest BCUT2D eigenvalue weighted by Crippen LogP contribution is 2.23. The van der Waals surface area contributed by atoms with Gasteiger partial charge in [-0.2, -0.15) is 0 Å². The summed E-state index contributed by atoms with van der Waals surface area (Å²) in [4.78, 5) is 11.4. The lowest BCUT2D eigenvalue weighted by atomic mass is 9.87. The van der Waals surface area contributed by atoms with Crippen molar-refractivity contribution in [1.29, 1.82) is 0 Å². The van der Waals surface area contributed by atoms with E-state index in [4.69, 9.17) is 5.11 Å². The Bertz CT molecular complexity index is 182. The summed E-state index contributed by atoms with van der Waals surface area (Å²) < 4.78 is 0. The van der Waals surface area contributed by atoms with E-state index >= 15 is 0 Å². The van der Waals surface area contributed by atoms with E-state index < -0.39 is 0 Å². The monoisotopic (exact) mass is 199 g/mol. The van der Waals surface area contributed by atoms with E-state index in [1.165, 1.54) is 12.8 Å². The van der Waals surface area contributed by atoms with E-state index in [1.54, 1.807) is 0 Å². The Morgan fingerprint density at radius 2 is 2.29 bits per heavy atom. The fourth-order valence-corrected chi connectivity index (χ4v) is 2.10. The SMILES string of the molecule is CC1CCCC(NC(=O)CCCO)C1. The van der Waals surface area contributed by atoms with E-state index in [9.17, 15) is 4.79 Å². The van der Waals surface area contributed by atoms with Gasteiger partial charge < -0.3 is 10.4 Å². The number of hydrogen-bond acceptors (Lipinski definition) is 2.